The lowest BCUT2D eigenvalue weighted by molar-refractivity contribution is 0.0734. The fraction of sp³-hybridized carbons (Fsp3) is 0.353. The van der Waals surface area contributed by atoms with E-state index in [2.05, 4.69) is 10.3 Å². The molecule has 2 aromatic rings. The van der Waals surface area contributed by atoms with Gasteiger partial charge in [0, 0.05) is 39.1 Å². The Labute approximate surface area is 159 Å². The van der Waals surface area contributed by atoms with Gasteiger partial charge in [-0.2, -0.15) is 0 Å². The number of nitrogens with zero attached hydrogens (tertiary/aromatic N) is 3. The lowest BCUT2D eigenvalue weighted by atomic mass is 10.1. The number of pyridine rings is 2. The Morgan fingerprint density at radius 3 is 2.72 bits per heavy atom. The van der Waals surface area contributed by atoms with Gasteiger partial charge in [0.2, 0.25) is 5.56 Å². The van der Waals surface area contributed by atoms with Crippen molar-refractivity contribution >= 4 is 36.5 Å². The quantitative estimate of drug-likeness (QED) is 0.882. The molecule has 1 saturated heterocycles. The van der Waals surface area contributed by atoms with E-state index in [1.165, 1.54) is 10.6 Å². The summed E-state index contributed by atoms with van der Waals surface area (Å²) in [6.45, 7) is 0.726. The molecule has 0 aromatic carbocycles. The summed E-state index contributed by atoms with van der Waals surface area (Å²) in [5, 5.41) is 3.03. The van der Waals surface area contributed by atoms with Crippen molar-refractivity contribution in [2.24, 2.45) is 7.05 Å². The molecule has 25 heavy (non-hydrogen) atoms. The highest BCUT2D eigenvalue weighted by molar-refractivity contribution is 5.94. The predicted molar refractivity (Wildman–Crippen MR) is 103 cm³/mol. The van der Waals surface area contributed by atoms with Gasteiger partial charge < -0.3 is 14.8 Å². The first-order chi connectivity index (χ1) is 11.1. The van der Waals surface area contributed by atoms with E-state index in [-0.39, 0.29) is 42.3 Å². The molecule has 1 amide bonds. The average Bonchev–Trinajstić information content (AvgIpc) is 3.06. The summed E-state index contributed by atoms with van der Waals surface area (Å²) < 4.78 is 1.43. The number of carbonyl (C=O) groups is 1. The van der Waals surface area contributed by atoms with Gasteiger partial charge in [0.05, 0.1) is 11.6 Å². The number of nitrogens with one attached hydrogen (secondary N) is 1. The van der Waals surface area contributed by atoms with E-state index < -0.39 is 0 Å². The number of halogens is 2. The van der Waals surface area contributed by atoms with Gasteiger partial charge in [-0.25, -0.2) is 4.98 Å². The molecule has 0 aliphatic carbocycles. The lowest BCUT2D eigenvalue weighted by Crippen LogP contribution is -2.31. The van der Waals surface area contributed by atoms with Crippen molar-refractivity contribution in [1.29, 1.82) is 0 Å². The molecule has 0 radical (unpaired) electrons. The summed E-state index contributed by atoms with van der Waals surface area (Å²) in [5.74, 6) is 0.759. The first-order valence-electron chi connectivity index (χ1n) is 7.71. The number of anilines is 1. The van der Waals surface area contributed by atoms with Crippen molar-refractivity contribution in [1.82, 2.24) is 14.5 Å². The second kappa shape index (κ2) is 8.87. The number of carbonyl (C=O) groups excluding carboxylic acids is 1. The van der Waals surface area contributed by atoms with Gasteiger partial charge in [0.1, 0.15) is 5.82 Å². The highest BCUT2D eigenvalue weighted by Crippen LogP contribution is 2.33. The maximum atomic E-state index is 12.8. The Bertz CT molecular complexity index is 794. The lowest BCUT2D eigenvalue weighted by Gasteiger charge is -2.25. The van der Waals surface area contributed by atoms with Gasteiger partial charge in [-0.3, -0.25) is 9.59 Å². The molecule has 3 heterocycles. The van der Waals surface area contributed by atoms with Gasteiger partial charge >= 0.3 is 0 Å². The number of likely N-dealkylation sites (tertiary alicyclic amines) is 1. The molecule has 1 aliphatic heterocycles. The molecule has 1 fully saturated rings. The second-order valence-corrected chi connectivity index (χ2v) is 5.75. The fourth-order valence-electron chi connectivity index (χ4n) is 3.03. The smallest absolute Gasteiger partial charge is 0.255 e. The number of hydrogen-bond donors (Lipinski definition) is 1. The van der Waals surface area contributed by atoms with Gasteiger partial charge in [-0.1, -0.05) is 0 Å². The van der Waals surface area contributed by atoms with Crippen molar-refractivity contribution in [3.63, 3.8) is 0 Å². The third-order valence-corrected chi connectivity index (χ3v) is 4.27. The van der Waals surface area contributed by atoms with Crippen LogP contribution in [0.2, 0.25) is 0 Å². The van der Waals surface area contributed by atoms with Crippen LogP contribution in [0.1, 0.15) is 34.8 Å². The van der Waals surface area contributed by atoms with Crippen LogP contribution in [0.5, 0.6) is 0 Å². The van der Waals surface area contributed by atoms with Crippen LogP contribution in [0.15, 0.2) is 41.5 Å². The minimum Gasteiger partial charge on any atom is -0.373 e. The third-order valence-electron chi connectivity index (χ3n) is 4.27. The van der Waals surface area contributed by atoms with E-state index in [0.717, 1.165) is 30.8 Å². The molecule has 2 aromatic heterocycles. The predicted octanol–water partition coefficient (Wildman–Crippen LogP) is 2.64. The summed E-state index contributed by atoms with van der Waals surface area (Å²) in [5.41, 5.74) is 1.51. The molecular formula is C17H22Cl2N4O2. The van der Waals surface area contributed by atoms with Crippen LogP contribution in [0.25, 0.3) is 0 Å². The van der Waals surface area contributed by atoms with Gasteiger partial charge in [0.15, 0.2) is 0 Å². The third kappa shape index (κ3) is 4.32. The van der Waals surface area contributed by atoms with E-state index >= 15 is 0 Å². The molecule has 3 rings (SSSR count). The molecule has 1 atom stereocenters. The molecule has 0 spiro atoms. The Morgan fingerprint density at radius 2 is 2.04 bits per heavy atom. The van der Waals surface area contributed by atoms with Crippen molar-refractivity contribution in [3.8, 4) is 0 Å². The number of hydrogen-bond acceptors (Lipinski definition) is 4. The summed E-state index contributed by atoms with van der Waals surface area (Å²) >= 11 is 0. The van der Waals surface area contributed by atoms with Crippen molar-refractivity contribution < 1.29 is 4.79 Å². The molecule has 8 heteroatoms. The maximum absolute atomic E-state index is 12.8. The van der Waals surface area contributed by atoms with Crippen LogP contribution in [-0.2, 0) is 7.05 Å². The number of rotatable bonds is 3. The van der Waals surface area contributed by atoms with Crippen LogP contribution < -0.4 is 10.9 Å². The Morgan fingerprint density at radius 1 is 1.28 bits per heavy atom. The van der Waals surface area contributed by atoms with Gasteiger partial charge in [-0.05, 0) is 36.6 Å². The number of aryl methyl sites for hydroxylation is 1. The highest BCUT2D eigenvalue weighted by atomic mass is 35.5. The molecule has 0 bridgehead atoms. The zero-order valence-corrected chi connectivity index (χ0v) is 15.8. The molecule has 136 valence electrons. The van der Waals surface area contributed by atoms with Gasteiger partial charge in [0.25, 0.3) is 5.91 Å². The van der Waals surface area contributed by atoms with Gasteiger partial charge in [-0.15, -0.1) is 24.8 Å². The van der Waals surface area contributed by atoms with E-state index in [1.54, 1.807) is 25.5 Å². The molecule has 1 N–H and O–H groups in total. The zero-order chi connectivity index (χ0) is 16.4. The summed E-state index contributed by atoms with van der Waals surface area (Å²) in [6, 6.07) is 7.03. The second-order valence-electron chi connectivity index (χ2n) is 5.75. The topological polar surface area (TPSA) is 67.2 Å². The van der Waals surface area contributed by atoms with Crippen molar-refractivity contribution in [2.45, 2.75) is 18.9 Å². The monoisotopic (exact) mass is 384 g/mol. The highest BCUT2D eigenvalue weighted by Gasteiger charge is 2.31. The standard InChI is InChI=1S/C17H20N4O2.2ClH/c1-18-15-10-12(7-8-19-15)14-4-3-9-21(14)17(23)13-5-6-16(22)20(2)11-13;;/h5-8,10-11,14H,3-4,9H2,1-2H3,(H,18,19);2*1H. The van der Waals surface area contributed by atoms with E-state index in [0.29, 0.717) is 5.56 Å². The number of aromatic nitrogens is 2. The molecule has 6 nitrogen and oxygen atoms in total. The summed E-state index contributed by atoms with van der Waals surface area (Å²) in [6.07, 6.45) is 5.27. The van der Waals surface area contributed by atoms with Crippen molar-refractivity contribution in [2.75, 3.05) is 18.9 Å². The Balaban J connectivity index is 0.00000156. The van der Waals surface area contributed by atoms with Crippen LogP contribution in [-0.4, -0.2) is 34.0 Å². The number of amides is 1. The molecule has 1 aliphatic rings. The first kappa shape index (κ1) is 21.0. The van der Waals surface area contributed by atoms with E-state index in [1.807, 2.05) is 24.1 Å². The van der Waals surface area contributed by atoms with Crippen molar-refractivity contribution in [3.05, 3.63) is 58.1 Å². The largest absolute Gasteiger partial charge is 0.373 e. The van der Waals surface area contributed by atoms with Crippen LogP contribution in [0.4, 0.5) is 5.82 Å². The normalized spacial score (nSPS) is 15.9. The summed E-state index contributed by atoms with van der Waals surface area (Å²) in [4.78, 5) is 30.4. The minimum atomic E-state index is -0.118. The molecular weight excluding hydrogens is 363 g/mol. The fourth-order valence-corrected chi connectivity index (χ4v) is 3.03. The maximum Gasteiger partial charge on any atom is 0.255 e. The van der Waals surface area contributed by atoms with E-state index in [4.69, 9.17) is 0 Å². The Hall–Kier alpha value is -2.05. The van der Waals surface area contributed by atoms with Crippen LogP contribution in [0, 0.1) is 0 Å². The average molecular weight is 385 g/mol. The molecule has 1 unspecified atom stereocenters. The Kier molecular flexibility index (Phi) is 7.45. The van der Waals surface area contributed by atoms with Crippen LogP contribution in [0.3, 0.4) is 0 Å². The van der Waals surface area contributed by atoms with Crippen LogP contribution >= 0.6 is 24.8 Å². The first-order valence-corrected chi connectivity index (χ1v) is 7.71. The zero-order valence-electron chi connectivity index (χ0n) is 14.1. The minimum absolute atomic E-state index is 0. The van der Waals surface area contributed by atoms with E-state index in [9.17, 15) is 9.59 Å². The SMILES string of the molecule is CNc1cc(C2CCCN2C(=O)c2ccc(=O)n(C)c2)ccn1.Cl.Cl. The molecule has 0 saturated carbocycles. The summed E-state index contributed by atoms with van der Waals surface area (Å²) in [7, 11) is 3.48.